The Kier molecular flexibility index (Phi) is 8.01. The van der Waals surface area contributed by atoms with Gasteiger partial charge in [-0.2, -0.15) is 9.37 Å². The van der Waals surface area contributed by atoms with Crippen LogP contribution < -0.4 is 4.74 Å². The van der Waals surface area contributed by atoms with Gasteiger partial charge < -0.3 is 20.1 Å². The predicted molar refractivity (Wildman–Crippen MR) is 142 cm³/mol. The Morgan fingerprint density at radius 2 is 1.68 bits per heavy atom. The molecule has 4 aliphatic rings. The van der Waals surface area contributed by atoms with Crippen LogP contribution in [0.25, 0.3) is 0 Å². The largest absolute Gasteiger partial charge is 0.481 e. The minimum Gasteiger partial charge on any atom is -0.481 e. The standard InChI is InChI=1S/C31H45F4NO4/c1-16(6-5-7-22(37)25-21(32)14-24(40-4)36-28(25)33)17-8-9-18-26-19(10-12-29(17,18)2)30(3)13-11-23(38)27(39)20(30)15-31(26,34)35/h14,16-20,22-23,26-27,37-39H,5-13,15H2,1-4H3/t16-,17-,18+,19+,20+,22?,23+,26+,27-,29-,30-/m1/s1. The van der Waals surface area contributed by atoms with Crippen molar-refractivity contribution in [1.29, 1.82) is 0 Å². The number of hydrogen-bond acceptors (Lipinski definition) is 5. The van der Waals surface area contributed by atoms with Crippen LogP contribution in [-0.4, -0.2) is 45.5 Å². The van der Waals surface area contributed by atoms with Gasteiger partial charge in [0, 0.05) is 18.4 Å². The van der Waals surface area contributed by atoms with Crippen molar-refractivity contribution >= 4 is 0 Å². The molecule has 0 amide bonds. The van der Waals surface area contributed by atoms with E-state index in [1.165, 1.54) is 7.11 Å². The second kappa shape index (κ2) is 10.7. The molecule has 0 bridgehead atoms. The van der Waals surface area contributed by atoms with Gasteiger partial charge in [-0.15, -0.1) is 0 Å². The van der Waals surface area contributed by atoms with Gasteiger partial charge >= 0.3 is 0 Å². The molecule has 0 aromatic carbocycles. The molecule has 3 N–H and O–H groups in total. The van der Waals surface area contributed by atoms with Crippen LogP contribution in [0.2, 0.25) is 0 Å². The van der Waals surface area contributed by atoms with Gasteiger partial charge in [0.15, 0.2) is 0 Å². The molecule has 226 valence electrons. The van der Waals surface area contributed by atoms with Crippen LogP contribution in [0.4, 0.5) is 17.6 Å². The van der Waals surface area contributed by atoms with Crippen molar-refractivity contribution in [2.45, 2.75) is 109 Å². The van der Waals surface area contributed by atoms with E-state index in [2.05, 4.69) is 25.8 Å². The van der Waals surface area contributed by atoms with Gasteiger partial charge in [-0.1, -0.05) is 33.6 Å². The van der Waals surface area contributed by atoms with Crippen molar-refractivity contribution in [2.24, 2.45) is 46.3 Å². The minimum atomic E-state index is -2.89. The molecule has 0 saturated heterocycles. The summed E-state index contributed by atoms with van der Waals surface area (Å²) in [6.45, 7) is 6.41. The monoisotopic (exact) mass is 571 g/mol. The lowest BCUT2D eigenvalue weighted by molar-refractivity contribution is -0.258. The zero-order valence-corrected chi connectivity index (χ0v) is 24.1. The lowest BCUT2D eigenvalue weighted by atomic mass is 9.43. The third kappa shape index (κ3) is 4.76. The fraction of sp³-hybridized carbons (Fsp3) is 0.839. The Labute approximate surface area is 234 Å². The van der Waals surface area contributed by atoms with Crippen molar-refractivity contribution in [3.8, 4) is 5.88 Å². The van der Waals surface area contributed by atoms with Crippen LogP contribution >= 0.6 is 0 Å². The van der Waals surface area contributed by atoms with E-state index in [-0.39, 0.29) is 47.8 Å². The molecular weight excluding hydrogens is 526 g/mol. The highest BCUT2D eigenvalue weighted by Crippen LogP contribution is 2.71. The first-order chi connectivity index (χ1) is 18.7. The molecule has 0 spiro atoms. The zero-order valence-electron chi connectivity index (χ0n) is 24.1. The van der Waals surface area contributed by atoms with Crippen LogP contribution in [0.3, 0.4) is 0 Å². The van der Waals surface area contributed by atoms with E-state index in [1.807, 2.05) is 0 Å². The summed E-state index contributed by atoms with van der Waals surface area (Å²) in [7, 11) is 1.26. The Hall–Kier alpha value is -1.45. The highest BCUT2D eigenvalue weighted by molar-refractivity contribution is 5.23. The van der Waals surface area contributed by atoms with Crippen LogP contribution in [0.15, 0.2) is 6.07 Å². The Morgan fingerprint density at radius 3 is 2.35 bits per heavy atom. The normalized spacial score (nSPS) is 41.9. The maximum Gasteiger partial charge on any atom is 0.251 e. The first-order valence-corrected chi connectivity index (χ1v) is 15.1. The molecule has 4 fully saturated rings. The van der Waals surface area contributed by atoms with Crippen molar-refractivity contribution in [1.82, 2.24) is 4.98 Å². The number of aliphatic hydroxyl groups excluding tert-OH is 3. The molecule has 1 heterocycles. The van der Waals surface area contributed by atoms with Crippen LogP contribution in [0.1, 0.15) is 96.6 Å². The van der Waals surface area contributed by atoms with Gasteiger partial charge in [0.25, 0.3) is 5.92 Å². The summed E-state index contributed by atoms with van der Waals surface area (Å²) in [6.07, 6.45) is 2.06. The molecule has 40 heavy (non-hydrogen) atoms. The van der Waals surface area contributed by atoms with Crippen molar-refractivity contribution in [3.05, 3.63) is 23.4 Å². The highest BCUT2D eigenvalue weighted by atomic mass is 19.3. The number of alkyl halides is 2. The minimum absolute atomic E-state index is 0.102. The lowest BCUT2D eigenvalue weighted by Gasteiger charge is -2.63. The van der Waals surface area contributed by atoms with Crippen molar-refractivity contribution < 1.29 is 37.6 Å². The second-order valence-corrected chi connectivity index (χ2v) is 13.9. The molecule has 9 heteroatoms. The van der Waals surface area contributed by atoms with Crippen LogP contribution in [-0.2, 0) is 0 Å². The smallest absolute Gasteiger partial charge is 0.251 e. The number of nitrogens with zero attached hydrogens (tertiary/aromatic N) is 1. The van der Waals surface area contributed by atoms with Gasteiger partial charge in [0.1, 0.15) is 5.82 Å². The third-order valence-corrected chi connectivity index (χ3v) is 12.1. The summed E-state index contributed by atoms with van der Waals surface area (Å²) in [5.41, 5.74) is -1.07. The number of rotatable bonds is 7. The molecule has 5 rings (SSSR count). The predicted octanol–water partition coefficient (Wildman–Crippen LogP) is 6.44. The molecule has 5 nitrogen and oxygen atoms in total. The number of pyridine rings is 1. The number of aromatic nitrogens is 1. The van der Waals surface area contributed by atoms with Crippen molar-refractivity contribution in [3.63, 3.8) is 0 Å². The van der Waals surface area contributed by atoms with E-state index in [0.717, 1.165) is 31.7 Å². The summed E-state index contributed by atoms with van der Waals surface area (Å²) < 4.78 is 65.4. The van der Waals surface area contributed by atoms with E-state index >= 15 is 8.78 Å². The van der Waals surface area contributed by atoms with Crippen LogP contribution in [0.5, 0.6) is 5.88 Å². The average Bonchev–Trinajstić information content (AvgIpc) is 3.24. The van der Waals surface area contributed by atoms with Gasteiger partial charge in [-0.25, -0.2) is 13.2 Å². The van der Waals surface area contributed by atoms with Gasteiger partial charge in [0.2, 0.25) is 11.8 Å². The van der Waals surface area contributed by atoms with Crippen LogP contribution in [0, 0.1) is 58.1 Å². The molecule has 1 aromatic rings. The molecule has 11 atom stereocenters. The molecule has 1 aromatic heterocycles. The van der Waals surface area contributed by atoms with Crippen molar-refractivity contribution in [2.75, 3.05) is 7.11 Å². The molecule has 0 aliphatic heterocycles. The number of ether oxygens (including phenoxy) is 1. The number of hydrogen-bond donors (Lipinski definition) is 3. The summed E-state index contributed by atoms with van der Waals surface area (Å²) in [6, 6.07) is 0.958. The molecular formula is C31H45F4NO4. The van der Waals surface area contributed by atoms with E-state index in [1.54, 1.807) is 0 Å². The fourth-order valence-electron chi connectivity index (χ4n) is 10.0. The summed E-state index contributed by atoms with van der Waals surface area (Å²) in [4.78, 5) is 3.54. The molecule has 0 radical (unpaired) electrons. The first kappa shape index (κ1) is 30.0. The molecule has 4 saturated carbocycles. The second-order valence-electron chi connectivity index (χ2n) is 13.9. The van der Waals surface area contributed by atoms with E-state index in [9.17, 15) is 24.1 Å². The SMILES string of the molecule is COc1cc(F)c(C(O)CCC[C@@H](C)[C@H]2CC[C@H]3[C@H]4[C@H](CC[C@]23C)[C@@]2(C)CC[C@H](O)[C@H](O)[C@@H]2CC4(F)F)c(F)n1. The fourth-order valence-corrected chi connectivity index (χ4v) is 10.0. The topological polar surface area (TPSA) is 82.8 Å². The maximum atomic E-state index is 16.0. The highest BCUT2D eigenvalue weighted by Gasteiger charge is 2.69. The van der Waals surface area contributed by atoms with Gasteiger partial charge in [-0.05, 0) is 85.4 Å². The number of aliphatic hydroxyl groups is 3. The summed E-state index contributed by atoms with van der Waals surface area (Å²) in [5, 5.41) is 31.5. The summed E-state index contributed by atoms with van der Waals surface area (Å²) >= 11 is 0. The zero-order chi connectivity index (χ0) is 29.2. The number of fused-ring (bicyclic) bond motifs is 5. The quantitative estimate of drug-likeness (QED) is 0.259. The van der Waals surface area contributed by atoms with Gasteiger partial charge in [0.05, 0.1) is 31.0 Å². The molecule has 4 aliphatic carbocycles. The lowest BCUT2D eigenvalue weighted by Crippen LogP contribution is -2.64. The average molecular weight is 572 g/mol. The number of halogens is 4. The Bertz CT molecular complexity index is 1070. The Morgan fingerprint density at radius 1 is 1.00 bits per heavy atom. The first-order valence-electron chi connectivity index (χ1n) is 15.1. The van der Waals surface area contributed by atoms with E-state index < -0.39 is 58.8 Å². The van der Waals surface area contributed by atoms with Gasteiger partial charge in [-0.3, -0.25) is 0 Å². The third-order valence-electron chi connectivity index (χ3n) is 12.1. The van der Waals surface area contributed by atoms with E-state index in [4.69, 9.17) is 4.74 Å². The molecule has 1 unspecified atom stereocenters. The maximum absolute atomic E-state index is 16.0. The van der Waals surface area contributed by atoms with E-state index in [0.29, 0.717) is 25.7 Å². The Balaban J connectivity index is 1.26. The summed E-state index contributed by atoms with van der Waals surface area (Å²) in [5.74, 6) is -6.16. The number of methoxy groups -OCH3 is 1.